The Morgan fingerprint density at radius 1 is 1.14 bits per heavy atom. The molecule has 2 aromatic carbocycles. The largest absolute Gasteiger partial charge is 0.478 e. The van der Waals surface area contributed by atoms with Crippen LogP contribution < -0.4 is 10.1 Å². The van der Waals surface area contributed by atoms with Crippen LogP contribution >= 0.6 is 34.8 Å². The van der Waals surface area contributed by atoms with Crippen molar-refractivity contribution in [2.24, 2.45) is 0 Å². The number of rotatable bonds is 5. The van der Waals surface area contributed by atoms with Crippen molar-refractivity contribution in [3.63, 3.8) is 0 Å². The second kappa shape index (κ2) is 7.65. The van der Waals surface area contributed by atoms with Crippen molar-refractivity contribution < 1.29 is 4.74 Å². The lowest BCUT2D eigenvalue weighted by molar-refractivity contribution is 0.371. The van der Waals surface area contributed by atoms with Crippen LogP contribution in [0.3, 0.4) is 0 Å². The van der Waals surface area contributed by atoms with Crippen molar-refractivity contribution >= 4 is 40.5 Å². The van der Waals surface area contributed by atoms with E-state index in [1.807, 2.05) is 25.1 Å². The average molecular weight is 355 g/mol. The second-order valence-corrected chi connectivity index (χ2v) is 5.95. The summed E-state index contributed by atoms with van der Waals surface area (Å²) in [6, 6.07) is 9.29. The number of hydrogen-bond donors (Lipinski definition) is 1. The maximum atomic E-state index is 6.18. The van der Waals surface area contributed by atoms with Crippen LogP contribution in [-0.4, -0.2) is 6.61 Å². The van der Waals surface area contributed by atoms with Gasteiger partial charge in [0.1, 0.15) is 6.61 Å². The fourth-order valence-electron chi connectivity index (χ4n) is 1.95. The summed E-state index contributed by atoms with van der Waals surface area (Å²) in [6.45, 7) is 2.70. The minimum atomic E-state index is 0.124. The first-order valence-electron chi connectivity index (χ1n) is 6.55. The molecule has 0 aliphatic rings. The van der Waals surface area contributed by atoms with Gasteiger partial charge in [0.15, 0.2) is 5.75 Å². The standard InChI is InChI=1S/C17H14Cl3NO/c1-3-6-22-17-14(19)7-12(8-15(17)20)10-21-16-9-13(18)5-4-11(16)2/h1,4-5,7-9,21H,6,10H2,2H3. The molecule has 0 heterocycles. The van der Waals surface area contributed by atoms with Crippen LogP contribution in [0.15, 0.2) is 30.3 Å². The summed E-state index contributed by atoms with van der Waals surface area (Å²) in [4.78, 5) is 0. The van der Waals surface area contributed by atoms with Crippen molar-refractivity contribution in [1.82, 2.24) is 0 Å². The number of aryl methyl sites for hydroxylation is 1. The second-order valence-electron chi connectivity index (χ2n) is 4.69. The first-order chi connectivity index (χ1) is 10.5. The summed E-state index contributed by atoms with van der Waals surface area (Å²) < 4.78 is 5.33. The molecular weight excluding hydrogens is 341 g/mol. The highest BCUT2D eigenvalue weighted by molar-refractivity contribution is 6.37. The predicted molar refractivity (Wildman–Crippen MR) is 94.3 cm³/mol. The van der Waals surface area contributed by atoms with Crippen LogP contribution in [0.5, 0.6) is 5.75 Å². The van der Waals surface area contributed by atoms with Crippen LogP contribution in [0.2, 0.25) is 15.1 Å². The van der Waals surface area contributed by atoms with E-state index in [0.29, 0.717) is 27.4 Å². The van der Waals surface area contributed by atoms with Crippen LogP contribution in [0.4, 0.5) is 5.69 Å². The zero-order valence-electron chi connectivity index (χ0n) is 11.9. The third-order valence-corrected chi connectivity index (χ3v) is 3.84. The number of halogens is 3. The molecule has 114 valence electrons. The normalized spacial score (nSPS) is 10.1. The molecule has 0 saturated carbocycles. The highest BCUT2D eigenvalue weighted by Crippen LogP contribution is 2.34. The van der Waals surface area contributed by atoms with Gasteiger partial charge >= 0.3 is 0 Å². The van der Waals surface area contributed by atoms with Gasteiger partial charge in [-0.25, -0.2) is 0 Å². The third-order valence-electron chi connectivity index (χ3n) is 3.04. The van der Waals surface area contributed by atoms with Gasteiger partial charge in [-0.1, -0.05) is 46.8 Å². The van der Waals surface area contributed by atoms with Gasteiger partial charge in [0, 0.05) is 17.3 Å². The molecule has 2 rings (SSSR count). The van der Waals surface area contributed by atoms with Gasteiger partial charge in [0.2, 0.25) is 0 Å². The summed E-state index contributed by atoms with van der Waals surface area (Å²) in [5.41, 5.74) is 3.01. The Hall–Kier alpha value is -1.53. The number of terminal acetylenes is 1. The number of benzene rings is 2. The lowest BCUT2D eigenvalue weighted by atomic mass is 10.1. The molecule has 0 unspecified atom stereocenters. The molecule has 0 atom stereocenters. The fourth-order valence-corrected chi connectivity index (χ4v) is 2.76. The van der Waals surface area contributed by atoms with Gasteiger partial charge in [-0.15, -0.1) is 6.42 Å². The minimum Gasteiger partial charge on any atom is -0.478 e. The molecule has 0 aromatic heterocycles. The Labute approximate surface area is 145 Å². The van der Waals surface area contributed by atoms with Crippen LogP contribution in [-0.2, 0) is 6.54 Å². The van der Waals surface area contributed by atoms with Crippen LogP contribution in [0.1, 0.15) is 11.1 Å². The lowest BCUT2D eigenvalue weighted by Crippen LogP contribution is -2.02. The van der Waals surface area contributed by atoms with E-state index < -0.39 is 0 Å². The Kier molecular flexibility index (Phi) is 5.85. The van der Waals surface area contributed by atoms with E-state index in [4.69, 9.17) is 46.0 Å². The van der Waals surface area contributed by atoms with Crippen molar-refractivity contribution in [3.05, 3.63) is 56.5 Å². The highest BCUT2D eigenvalue weighted by Gasteiger charge is 2.10. The Morgan fingerprint density at radius 2 is 1.82 bits per heavy atom. The first kappa shape index (κ1) is 16.8. The van der Waals surface area contributed by atoms with E-state index in [0.717, 1.165) is 16.8 Å². The van der Waals surface area contributed by atoms with Crippen LogP contribution in [0, 0.1) is 19.3 Å². The summed E-state index contributed by atoms with van der Waals surface area (Å²) in [7, 11) is 0. The molecule has 2 nitrogen and oxygen atoms in total. The summed E-state index contributed by atoms with van der Waals surface area (Å²) in [5.74, 6) is 2.79. The Bertz CT molecular complexity index is 699. The molecule has 0 saturated heterocycles. The number of hydrogen-bond acceptors (Lipinski definition) is 2. The van der Waals surface area contributed by atoms with Crippen LogP contribution in [0.25, 0.3) is 0 Å². The van der Waals surface area contributed by atoms with E-state index in [1.165, 1.54) is 0 Å². The molecule has 0 aliphatic carbocycles. The molecule has 2 aromatic rings. The van der Waals surface area contributed by atoms with Crippen molar-refractivity contribution in [2.45, 2.75) is 13.5 Å². The molecule has 0 amide bonds. The van der Waals surface area contributed by atoms with E-state index >= 15 is 0 Å². The minimum absolute atomic E-state index is 0.124. The van der Waals surface area contributed by atoms with E-state index in [2.05, 4.69) is 11.2 Å². The molecule has 5 heteroatoms. The molecule has 0 bridgehead atoms. The summed E-state index contributed by atoms with van der Waals surface area (Å²) in [6.07, 6.45) is 5.16. The zero-order chi connectivity index (χ0) is 16.1. The molecular formula is C17H14Cl3NO. The van der Waals surface area contributed by atoms with E-state index in [1.54, 1.807) is 12.1 Å². The van der Waals surface area contributed by atoms with E-state index in [-0.39, 0.29) is 6.61 Å². The van der Waals surface area contributed by atoms with Gasteiger partial charge < -0.3 is 10.1 Å². The van der Waals surface area contributed by atoms with Gasteiger partial charge in [0.05, 0.1) is 10.0 Å². The average Bonchev–Trinajstić information content (AvgIpc) is 2.47. The molecule has 0 fully saturated rings. The number of ether oxygens (including phenoxy) is 1. The van der Waals surface area contributed by atoms with E-state index in [9.17, 15) is 0 Å². The Balaban J connectivity index is 2.14. The van der Waals surface area contributed by atoms with Gasteiger partial charge in [-0.3, -0.25) is 0 Å². The Morgan fingerprint density at radius 3 is 2.45 bits per heavy atom. The number of nitrogens with one attached hydrogen (secondary N) is 1. The molecule has 0 aliphatic heterocycles. The summed E-state index contributed by atoms with van der Waals surface area (Å²) >= 11 is 18.4. The van der Waals surface area contributed by atoms with Crippen molar-refractivity contribution in [1.29, 1.82) is 0 Å². The van der Waals surface area contributed by atoms with Crippen molar-refractivity contribution in [3.8, 4) is 18.1 Å². The molecule has 0 spiro atoms. The first-order valence-corrected chi connectivity index (χ1v) is 7.69. The SMILES string of the molecule is C#CCOc1c(Cl)cc(CNc2cc(Cl)ccc2C)cc1Cl. The molecule has 22 heavy (non-hydrogen) atoms. The zero-order valence-corrected chi connectivity index (χ0v) is 14.2. The van der Waals surface area contributed by atoms with Gasteiger partial charge in [-0.2, -0.15) is 0 Å². The topological polar surface area (TPSA) is 21.3 Å². The molecule has 1 N–H and O–H groups in total. The van der Waals surface area contributed by atoms with Gasteiger partial charge in [0.25, 0.3) is 0 Å². The van der Waals surface area contributed by atoms with Crippen molar-refractivity contribution in [2.75, 3.05) is 11.9 Å². The third kappa shape index (κ3) is 4.24. The monoisotopic (exact) mass is 353 g/mol. The summed E-state index contributed by atoms with van der Waals surface area (Å²) in [5, 5.41) is 4.86. The predicted octanol–water partition coefficient (Wildman–Crippen LogP) is 5.58. The van der Waals surface area contributed by atoms with Gasteiger partial charge in [-0.05, 0) is 42.3 Å². The maximum absolute atomic E-state index is 6.18. The quantitative estimate of drug-likeness (QED) is 0.708. The lowest BCUT2D eigenvalue weighted by Gasteiger charge is -2.13. The highest BCUT2D eigenvalue weighted by atomic mass is 35.5. The smallest absolute Gasteiger partial charge is 0.157 e. The fraction of sp³-hybridized carbons (Fsp3) is 0.176. The maximum Gasteiger partial charge on any atom is 0.157 e. The molecule has 0 radical (unpaired) electrons. The number of anilines is 1.